The van der Waals surface area contributed by atoms with Crippen LogP contribution in [0.15, 0.2) is 46.2 Å². The minimum Gasteiger partial charge on any atom is -0.218 e. The summed E-state index contributed by atoms with van der Waals surface area (Å²) in [6, 6.07) is 10.7. The van der Waals surface area contributed by atoms with Crippen LogP contribution in [0, 0.1) is 18.3 Å². The van der Waals surface area contributed by atoms with Gasteiger partial charge in [-0.05, 0) is 36.8 Å². The van der Waals surface area contributed by atoms with Gasteiger partial charge in [-0.2, -0.15) is 5.26 Å². The standard InChI is InChI=1S/C14H9Cl2NO2S/c1-9-3-2-4-14(13(9)8-17)20(18,19)12-6-10(15)5-11(16)7-12/h2-7H,1H3. The molecule has 0 aliphatic rings. The summed E-state index contributed by atoms with van der Waals surface area (Å²) < 4.78 is 25.2. The van der Waals surface area contributed by atoms with E-state index >= 15 is 0 Å². The van der Waals surface area contributed by atoms with E-state index in [1.165, 1.54) is 24.3 Å². The smallest absolute Gasteiger partial charge is 0.208 e. The summed E-state index contributed by atoms with van der Waals surface area (Å²) in [6.45, 7) is 1.68. The van der Waals surface area contributed by atoms with Crippen molar-refractivity contribution in [3.05, 3.63) is 57.6 Å². The van der Waals surface area contributed by atoms with Crippen LogP contribution in [-0.2, 0) is 9.84 Å². The third-order valence-electron chi connectivity index (χ3n) is 2.78. The van der Waals surface area contributed by atoms with Crippen molar-refractivity contribution in [2.75, 3.05) is 0 Å². The van der Waals surface area contributed by atoms with Gasteiger partial charge >= 0.3 is 0 Å². The van der Waals surface area contributed by atoms with Crippen molar-refractivity contribution >= 4 is 33.0 Å². The molecule has 0 saturated heterocycles. The Labute approximate surface area is 127 Å². The summed E-state index contributed by atoms with van der Waals surface area (Å²) in [5, 5.41) is 9.60. The van der Waals surface area contributed by atoms with E-state index in [4.69, 9.17) is 28.5 Å². The molecule has 0 spiro atoms. The van der Waals surface area contributed by atoms with E-state index in [0.29, 0.717) is 5.56 Å². The molecule has 0 saturated carbocycles. The minimum atomic E-state index is -3.84. The Balaban J connectivity index is 2.74. The number of nitriles is 1. The zero-order chi connectivity index (χ0) is 14.9. The van der Waals surface area contributed by atoms with E-state index in [1.54, 1.807) is 19.1 Å². The van der Waals surface area contributed by atoms with Gasteiger partial charge in [0.15, 0.2) is 0 Å². The van der Waals surface area contributed by atoms with Gasteiger partial charge < -0.3 is 0 Å². The van der Waals surface area contributed by atoms with E-state index in [0.717, 1.165) is 0 Å². The van der Waals surface area contributed by atoms with Crippen LogP contribution < -0.4 is 0 Å². The maximum absolute atomic E-state index is 12.6. The fraction of sp³-hybridized carbons (Fsp3) is 0.0714. The van der Waals surface area contributed by atoms with E-state index in [9.17, 15) is 8.42 Å². The minimum absolute atomic E-state index is 0.0305. The Morgan fingerprint density at radius 1 is 1.10 bits per heavy atom. The summed E-state index contributed by atoms with van der Waals surface area (Å²) >= 11 is 11.7. The number of hydrogen-bond acceptors (Lipinski definition) is 3. The number of hydrogen-bond donors (Lipinski definition) is 0. The second kappa shape index (κ2) is 5.45. The van der Waals surface area contributed by atoms with Gasteiger partial charge in [-0.15, -0.1) is 0 Å². The highest BCUT2D eigenvalue weighted by molar-refractivity contribution is 7.91. The highest BCUT2D eigenvalue weighted by Crippen LogP contribution is 2.29. The Morgan fingerprint density at radius 3 is 2.25 bits per heavy atom. The first-order valence-corrected chi connectivity index (χ1v) is 7.81. The molecule has 0 heterocycles. The van der Waals surface area contributed by atoms with Gasteiger partial charge in [-0.3, -0.25) is 0 Å². The largest absolute Gasteiger partial charge is 0.218 e. The van der Waals surface area contributed by atoms with Crippen LogP contribution in [0.4, 0.5) is 0 Å². The van der Waals surface area contributed by atoms with E-state index < -0.39 is 9.84 Å². The quantitative estimate of drug-likeness (QED) is 0.838. The lowest BCUT2D eigenvalue weighted by Gasteiger charge is -2.09. The Hall–Kier alpha value is -1.54. The Morgan fingerprint density at radius 2 is 1.70 bits per heavy atom. The zero-order valence-electron chi connectivity index (χ0n) is 10.4. The number of halogens is 2. The van der Waals surface area contributed by atoms with Crippen molar-refractivity contribution in [2.24, 2.45) is 0 Å². The summed E-state index contributed by atoms with van der Waals surface area (Å²) in [5.41, 5.74) is 0.727. The fourth-order valence-electron chi connectivity index (χ4n) is 1.82. The predicted molar refractivity (Wildman–Crippen MR) is 77.8 cm³/mol. The molecule has 0 atom stereocenters. The van der Waals surface area contributed by atoms with Crippen molar-refractivity contribution in [2.45, 2.75) is 16.7 Å². The molecule has 2 aromatic carbocycles. The van der Waals surface area contributed by atoms with Crippen molar-refractivity contribution in [1.29, 1.82) is 5.26 Å². The van der Waals surface area contributed by atoms with Crippen molar-refractivity contribution in [3.63, 3.8) is 0 Å². The first-order chi connectivity index (χ1) is 9.36. The van der Waals surface area contributed by atoms with E-state index in [2.05, 4.69) is 0 Å². The highest BCUT2D eigenvalue weighted by atomic mass is 35.5. The third-order valence-corrected chi connectivity index (χ3v) is 4.99. The molecular weight excluding hydrogens is 317 g/mol. The first-order valence-electron chi connectivity index (χ1n) is 5.57. The van der Waals surface area contributed by atoms with Crippen LogP contribution in [0.3, 0.4) is 0 Å². The van der Waals surface area contributed by atoms with Crippen molar-refractivity contribution < 1.29 is 8.42 Å². The van der Waals surface area contributed by atoms with Crippen LogP contribution in [-0.4, -0.2) is 8.42 Å². The second-order valence-corrected chi connectivity index (χ2v) is 6.96. The number of aryl methyl sites for hydroxylation is 1. The highest BCUT2D eigenvalue weighted by Gasteiger charge is 2.23. The average Bonchev–Trinajstić information content (AvgIpc) is 2.37. The molecule has 0 N–H and O–H groups in total. The Kier molecular flexibility index (Phi) is 4.05. The molecule has 0 amide bonds. The summed E-state index contributed by atoms with van der Waals surface area (Å²) in [4.78, 5) is -0.0737. The van der Waals surface area contributed by atoms with Crippen molar-refractivity contribution in [3.8, 4) is 6.07 Å². The molecule has 102 valence electrons. The van der Waals surface area contributed by atoms with Gasteiger partial charge in [0, 0.05) is 10.0 Å². The molecular formula is C14H9Cl2NO2S. The zero-order valence-corrected chi connectivity index (χ0v) is 12.7. The topological polar surface area (TPSA) is 57.9 Å². The van der Waals surface area contributed by atoms with Crippen LogP contribution in [0.25, 0.3) is 0 Å². The summed E-state index contributed by atoms with van der Waals surface area (Å²) in [6.07, 6.45) is 0. The molecule has 0 aromatic heterocycles. The van der Waals surface area contributed by atoms with Crippen LogP contribution in [0.1, 0.15) is 11.1 Å². The number of benzene rings is 2. The molecule has 3 nitrogen and oxygen atoms in total. The lowest BCUT2D eigenvalue weighted by molar-refractivity contribution is 0.595. The molecule has 0 bridgehead atoms. The Bertz CT molecular complexity index is 803. The molecule has 6 heteroatoms. The van der Waals surface area contributed by atoms with Gasteiger partial charge in [0.2, 0.25) is 9.84 Å². The number of nitrogens with zero attached hydrogens (tertiary/aromatic N) is 1. The van der Waals surface area contributed by atoms with E-state index in [-0.39, 0.29) is 25.4 Å². The summed E-state index contributed by atoms with van der Waals surface area (Å²) in [5.74, 6) is 0. The normalized spacial score (nSPS) is 11.1. The first kappa shape index (κ1) is 14.9. The van der Waals surface area contributed by atoms with Crippen LogP contribution >= 0.6 is 23.2 Å². The molecule has 0 radical (unpaired) electrons. The average molecular weight is 326 g/mol. The fourth-order valence-corrected chi connectivity index (χ4v) is 4.03. The number of sulfone groups is 1. The van der Waals surface area contributed by atoms with Gasteiger partial charge in [0.25, 0.3) is 0 Å². The van der Waals surface area contributed by atoms with Gasteiger partial charge in [-0.1, -0.05) is 35.3 Å². The third kappa shape index (κ3) is 2.66. The molecule has 0 aliphatic carbocycles. The molecule has 0 aliphatic heterocycles. The number of rotatable bonds is 2. The van der Waals surface area contributed by atoms with E-state index in [1.807, 2.05) is 6.07 Å². The molecule has 20 heavy (non-hydrogen) atoms. The lowest BCUT2D eigenvalue weighted by Crippen LogP contribution is -2.05. The van der Waals surface area contributed by atoms with Crippen LogP contribution in [0.5, 0.6) is 0 Å². The maximum atomic E-state index is 12.6. The molecule has 2 aromatic rings. The van der Waals surface area contributed by atoms with Gasteiger partial charge in [-0.25, -0.2) is 8.42 Å². The maximum Gasteiger partial charge on any atom is 0.208 e. The second-order valence-electron chi connectivity index (χ2n) is 4.17. The summed E-state index contributed by atoms with van der Waals surface area (Å²) in [7, 11) is -3.84. The molecule has 0 unspecified atom stereocenters. The predicted octanol–water partition coefficient (Wildman–Crippen LogP) is 4.01. The van der Waals surface area contributed by atoms with Crippen molar-refractivity contribution in [1.82, 2.24) is 0 Å². The van der Waals surface area contributed by atoms with Gasteiger partial charge in [0.05, 0.1) is 15.4 Å². The molecule has 2 rings (SSSR count). The van der Waals surface area contributed by atoms with Crippen LogP contribution in [0.2, 0.25) is 10.0 Å². The molecule has 0 fully saturated rings. The van der Waals surface area contributed by atoms with Gasteiger partial charge in [0.1, 0.15) is 6.07 Å². The SMILES string of the molecule is Cc1cccc(S(=O)(=O)c2cc(Cl)cc(Cl)c2)c1C#N. The lowest BCUT2D eigenvalue weighted by atomic mass is 10.1. The monoisotopic (exact) mass is 325 g/mol.